The van der Waals surface area contributed by atoms with E-state index >= 15 is 0 Å². The highest BCUT2D eigenvalue weighted by Crippen LogP contribution is 2.45. The number of para-hydroxylation sites is 1. The first-order valence-electron chi connectivity index (χ1n) is 48.1. The fourth-order valence-corrected chi connectivity index (χ4v) is 11.6. The monoisotopic (exact) mass is 1260 g/mol. The van der Waals surface area contributed by atoms with Gasteiger partial charge in [0.1, 0.15) is 17.3 Å². The number of imidazole rings is 1. The smallest absolute Gasteiger partial charge is 0.269 e. The van der Waals surface area contributed by atoms with Crippen LogP contribution in [0.25, 0.3) is 139 Å². The molecule has 0 saturated heterocycles. The van der Waals surface area contributed by atoms with Gasteiger partial charge >= 0.3 is 0 Å². The molecular formula is C90H68N4O. The summed E-state index contributed by atoms with van der Waals surface area (Å²) in [7, 11) is 0. The number of benzene rings is 13. The predicted octanol–water partition coefficient (Wildman–Crippen LogP) is 23.2. The van der Waals surface area contributed by atoms with Crippen LogP contribution in [0.3, 0.4) is 0 Å². The van der Waals surface area contributed by atoms with Gasteiger partial charge in [-0.3, -0.25) is 13.7 Å². The lowest BCUT2D eigenvalue weighted by Crippen LogP contribution is -2.31. The Morgan fingerprint density at radius 1 is 0.421 bits per heavy atom. The maximum Gasteiger partial charge on any atom is 0.269 e. The molecule has 95 heavy (non-hydrogen) atoms. The molecule has 454 valence electrons. The van der Waals surface area contributed by atoms with Crippen molar-refractivity contribution in [3.05, 3.63) is 344 Å². The molecule has 0 aliphatic rings. The SMILES string of the molecule is [2H]c1c([2H])c([2H])c(-c2cc(-c3c([2H])c(-c4c([2H])c([2H])c([2H])c([2H])c4[2H])c([2H])c(-c4c([2H])c([2H])c([2H])c([2H])c4[2H])c3[2H])c(-[n+]3[c-]n(-c4cccc(Oc5ccc6c7ccccc7n(-c7cc(C(C)(C)C)ccn7)c6c5)c4)c4cc(-c5c(C([2H])([2H])[2H])cccc5C([2H])([2H])[2H])ccc43)c(-c3c([2H])c(-c4c([2H])c([2H])c([2H])c([2H])c4[2H])c([2H])c(-c4c([2H])c([2H])c([2H])c([2H])c4[2H])c3[2H])c2)c([2H])c1[2H]. The van der Waals surface area contributed by atoms with Crippen molar-refractivity contribution in [1.29, 1.82) is 0 Å². The highest BCUT2D eigenvalue weighted by molar-refractivity contribution is 6.09. The van der Waals surface area contributed by atoms with Gasteiger partial charge in [-0.05, 0) is 228 Å². The van der Waals surface area contributed by atoms with E-state index in [4.69, 9.17) is 35.8 Å². The van der Waals surface area contributed by atoms with E-state index < -0.39 is 296 Å². The maximum atomic E-state index is 10.9. The largest absolute Gasteiger partial charge is 0.458 e. The van der Waals surface area contributed by atoms with Gasteiger partial charge in [0.05, 0.1) is 75.9 Å². The molecule has 0 bridgehead atoms. The lowest BCUT2D eigenvalue weighted by molar-refractivity contribution is -0.571. The second kappa shape index (κ2) is 24.3. The Hall–Kier alpha value is -11.9. The number of hydrogen-bond acceptors (Lipinski definition) is 2. The van der Waals surface area contributed by atoms with E-state index in [1.807, 2.05) is 47.0 Å². The lowest BCUT2D eigenvalue weighted by Gasteiger charge is -2.22. The second-order valence-electron chi connectivity index (χ2n) is 22.9. The molecule has 0 radical (unpaired) electrons. The van der Waals surface area contributed by atoms with Crippen molar-refractivity contribution in [2.24, 2.45) is 0 Å². The van der Waals surface area contributed by atoms with Gasteiger partial charge in [0.25, 0.3) is 6.33 Å². The molecule has 5 heteroatoms. The summed E-state index contributed by atoms with van der Waals surface area (Å²) in [5.41, 5.74) is -14.1. The first-order chi connectivity index (χ1) is 61.9. The summed E-state index contributed by atoms with van der Waals surface area (Å²) < 4.78 is 359. The van der Waals surface area contributed by atoms with E-state index in [1.165, 1.54) is 59.2 Å². The van der Waals surface area contributed by atoms with Gasteiger partial charge in [0.2, 0.25) is 0 Å². The number of aryl methyl sites for hydroxylation is 2. The lowest BCUT2D eigenvalue weighted by atomic mass is 9.86. The summed E-state index contributed by atoms with van der Waals surface area (Å²) >= 11 is 0. The third kappa shape index (κ3) is 11.2. The standard InChI is InChI=1S/C90H68N4O/c1-60-25-23-26-61(2)88(60)67-41-44-84-86(55-67)92(76-37-24-38-77(57-76)95-78-42-43-80-79-39-21-22-40-83(79)94(85(80)58-78)87-56-75(45-46-91-87)90(3,4)5)59-93(84)89-81(73-49-68(62-27-11-6-12-28-62)47-69(50-73)63-29-13-7-14-30-63)53-72(66-35-19-10-20-36-66)54-82(89)74-51-70(64-31-15-8-16-32-64)48-71(52-74)65-33-17-9-18-34-65/h6-58H,1-5H3/i1D3,2D3,6D,7D,8D,9D,10D,11D,12D,13D,14D,15D,16D,17D,18D,19D,20D,27D,28D,29D,30D,31D,32D,33D,34D,35D,36D,47D,48D,49D,50D,51D,52D. The molecule has 0 aliphatic heterocycles. The Morgan fingerprint density at radius 3 is 1.47 bits per heavy atom. The molecule has 0 saturated carbocycles. The first-order valence-corrected chi connectivity index (χ1v) is 29.6. The third-order valence-corrected chi connectivity index (χ3v) is 16.0. The van der Waals surface area contributed by atoms with Gasteiger partial charge < -0.3 is 4.74 Å². The molecule has 5 nitrogen and oxygen atoms in total. The van der Waals surface area contributed by atoms with E-state index in [-0.39, 0.29) is 44.8 Å². The van der Waals surface area contributed by atoms with Crippen LogP contribution < -0.4 is 9.30 Å². The molecule has 0 aliphatic carbocycles. The molecule has 0 atom stereocenters. The quantitative estimate of drug-likeness (QED) is 0.0852. The number of nitrogens with zero attached hydrogens (tertiary/aromatic N) is 4. The number of ether oxygens (including phenoxy) is 1. The summed E-state index contributed by atoms with van der Waals surface area (Å²) in [6, 6.07) is -2.13. The van der Waals surface area contributed by atoms with Gasteiger partial charge in [0, 0.05) is 31.3 Å². The number of rotatable bonds is 13. The average Bonchev–Trinajstić information content (AvgIpc) is 1.24. The molecule has 0 fully saturated rings. The van der Waals surface area contributed by atoms with Crippen molar-refractivity contribution in [2.45, 2.75) is 39.9 Å². The van der Waals surface area contributed by atoms with Crippen molar-refractivity contribution in [2.75, 3.05) is 0 Å². The Morgan fingerprint density at radius 2 is 0.926 bits per heavy atom. The highest BCUT2D eigenvalue weighted by atomic mass is 16.5. The zero-order valence-corrected chi connectivity index (χ0v) is 50.4. The van der Waals surface area contributed by atoms with E-state index in [0.29, 0.717) is 11.3 Å². The van der Waals surface area contributed by atoms with Gasteiger partial charge in [-0.15, -0.1) is 0 Å². The van der Waals surface area contributed by atoms with Gasteiger partial charge in [-0.25, -0.2) is 4.98 Å². The van der Waals surface area contributed by atoms with Crippen LogP contribution in [0.2, 0.25) is 0 Å². The van der Waals surface area contributed by atoms with Crippen molar-refractivity contribution in [3.8, 4) is 118 Å². The second-order valence-corrected chi connectivity index (χ2v) is 22.9. The zero-order valence-electron chi connectivity index (χ0n) is 87.4. The minimum absolute atomic E-state index is 0.00604. The summed E-state index contributed by atoms with van der Waals surface area (Å²) in [6.07, 6.45) is 4.99. The normalized spacial score (nSPS) is 17.4. The molecule has 0 N–H and O–H groups in total. The molecular weight excluding hydrogens is 1150 g/mol. The Kier molecular flexibility index (Phi) is 7.84. The van der Waals surface area contributed by atoms with E-state index in [1.54, 1.807) is 24.4 Å². The number of fused-ring (bicyclic) bond motifs is 4. The minimum atomic E-state index is -3.08. The van der Waals surface area contributed by atoms with Crippen molar-refractivity contribution in [3.63, 3.8) is 0 Å². The molecule has 0 amide bonds. The average molecular weight is 1260 g/mol. The van der Waals surface area contributed by atoms with Crippen LogP contribution in [0.1, 0.15) is 88.2 Å². The van der Waals surface area contributed by atoms with Crippen LogP contribution in [0.5, 0.6) is 11.5 Å². The number of hydrogen-bond donors (Lipinski definition) is 0. The molecule has 3 heterocycles. The molecule has 13 aromatic carbocycles. The topological polar surface area (TPSA) is 35.9 Å². The molecule has 0 unspecified atom stereocenters. The van der Waals surface area contributed by atoms with E-state index in [0.717, 1.165) is 38.6 Å². The van der Waals surface area contributed by atoms with Crippen LogP contribution in [0.15, 0.2) is 321 Å². The predicted molar refractivity (Wildman–Crippen MR) is 394 cm³/mol. The van der Waals surface area contributed by atoms with Crippen LogP contribution in [0, 0.1) is 20.0 Å². The maximum absolute atomic E-state index is 10.9. The first kappa shape index (κ1) is 30.7. The minimum Gasteiger partial charge on any atom is -0.458 e. The van der Waals surface area contributed by atoms with Crippen LogP contribution >= 0.6 is 0 Å². The number of aromatic nitrogens is 4. The zero-order chi connectivity index (χ0) is 96.1. The van der Waals surface area contributed by atoms with Crippen LogP contribution in [0.4, 0.5) is 0 Å². The van der Waals surface area contributed by atoms with E-state index in [2.05, 4.69) is 27.1 Å². The Labute approximate surface area is 607 Å². The fourth-order valence-electron chi connectivity index (χ4n) is 11.6. The van der Waals surface area contributed by atoms with Crippen LogP contribution in [-0.2, 0) is 5.41 Å². The molecule has 16 aromatic rings. The summed E-state index contributed by atoms with van der Waals surface area (Å²) in [5, 5.41) is 1.66. The van der Waals surface area contributed by atoms with Gasteiger partial charge in [-0.1, -0.05) is 226 Å². The van der Waals surface area contributed by atoms with Crippen molar-refractivity contribution < 1.29 is 60.0 Å². The van der Waals surface area contributed by atoms with E-state index in [9.17, 15) is 24.7 Å². The molecule has 3 aromatic heterocycles. The third-order valence-electron chi connectivity index (χ3n) is 16.0. The molecule has 16 rings (SSSR count). The fraction of sp³-hybridized carbons (Fsp3) is 0.0667. The summed E-state index contributed by atoms with van der Waals surface area (Å²) in [5.74, 6) is 0.873. The van der Waals surface area contributed by atoms with Crippen molar-refractivity contribution in [1.82, 2.24) is 14.1 Å². The van der Waals surface area contributed by atoms with Crippen LogP contribution in [-0.4, -0.2) is 14.1 Å². The number of pyridine rings is 1. The Balaban J connectivity index is 1.15. The van der Waals surface area contributed by atoms with Gasteiger partial charge in [-0.2, -0.15) is 0 Å². The van der Waals surface area contributed by atoms with Gasteiger partial charge in [0.15, 0.2) is 0 Å². The highest BCUT2D eigenvalue weighted by Gasteiger charge is 2.26. The molecule has 0 spiro atoms. The Bertz CT molecular complexity index is 7180. The summed E-state index contributed by atoms with van der Waals surface area (Å²) in [6.45, 7) is 0.0246. The summed E-state index contributed by atoms with van der Waals surface area (Å²) in [4.78, 5) is 4.83. The van der Waals surface area contributed by atoms with Crippen molar-refractivity contribution >= 4 is 32.8 Å².